The van der Waals surface area contributed by atoms with Gasteiger partial charge in [0.2, 0.25) is 11.8 Å². The van der Waals surface area contributed by atoms with Crippen molar-refractivity contribution in [1.82, 2.24) is 9.97 Å². The van der Waals surface area contributed by atoms with Crippen LogP contribution in [0.4, 0.5) is 11.6 Å². The Balaban J connectivity index is 1.53. The van der Waals surface area contributed by atoms with Gasteiger partial charge in [-0.1, -0.05) is 18.2 Å². The molecule has 2 N–H and O–H groups in total. The lowest BCUT2D eigenvalue weighted by atomic mass is 10.1. The van der Waals surface area contributed by atoms with Crippen LogP contribution in [-0.4, -0.2) is 23.0 Å². The molecule has 27 heavy (non-hydrogen) atoms. The summed E-state index contributed by atoms with van der Waals surface area (Å²) in [4.78, 5) is 8.61. The molecule has 7 nitrogen and oxygen atoms in total. The van der Waals surface area contributed by atoms with Crippen molar-refractivity contribution in [3.8, 4) is 23.1 Å². The molecule has 3 aromatic rings. The zero-order valence-electron chi connectivity index (χ0n) is 14.7. The molecule has 0 fully saturated rings. The summed E-state index contributed by atoms with van der Waals surface area (Å²) in [7, 11) is 1.59. The highest BCUT2D eigenvalue weighted by Crippen LogP contribution is 2.31. The van der Waals surface area contributed by atoms with E-state index in [-0.39, 0.29) is 5.90 Å². The van der Waals surface area contributed by atoms with Gasteiger partial charge in [-0.05, 0) is 30.2 Å². The molecule has 0 spiro atoms. The molecule has 2 heterocycles. The first kappa shape index (κ1) is 16.8. The summed E-state index contributed by atoms with van der Waals surface area (Å²) in [6.45, 7) is 0. The fourth-order valence-corrected chi connectivity index (χ4v) is 2.77. The van der Waals surface area contributed by atoms with Crippen LogP contribution in [0.3, 0.4) is 0 Å². The standard InChI is InChI=1S/C20H18N4O3/c1-25-15-4-2-3-5-16(15)27-19-10-11-22-20(24-19)23-14-8-6-13-7-9-18(21)26-17(13)12-14/h2-6,8,10-12,21H,7,9H2,1H3,(H,22,23,24). The maximum absolute atomic E-state index is 7.69. The van der Waals surface area contributed by atoms with Crippen LogP contribution in [0, 0.1) is 5.41 Å². The second-order valence-electron chi connectivity index (χ2n) is 5.94. The van der Waals surface area contributed by atoms with E-state index in [4.69, 9.17) is 19.6 Å². The molecule has 0 unspecified atom stereocenters. The molecule has 0 radical (unpaired) electrons. The lowest BCUT2D eigenvalue weighted by Gasteiger charge is -2.18. The lowest BCUT2D eigenvalue weighted by Crippen LogP contribution is -2.15. The van der Waals surface area contributed by atoms with Gasteiger partial charge in [0.05, 0.1) is 7.11 Å². The van der Waals surface area contributed by atoms with Crippen LogP contribution in [-0.2, 0) is 6.42 Å². The first-order valence-corrected chi connectivity index (χ1v) is 8.50. The molecule has 0 aliphatic carbocycles. The summed E-state index contributed by atoms with van der Waals surface area (Å²) in [5.74, 6) is 2.97. The number of rotatable bonds is 5. The minimum Gasteiger partial charge on any atom is -0.493 e. The molecule has 1 aliphatic heterocycles. The summed E-state index contributed by atoms with van der Waals surface area (Å²) in [5, 5.41) is 10.8. The Morgan fingerprint density at radius 1 is 1.07 bits per heavy atom. The van der Waals surface area contributed by atoms with Crippen LogP contribution in [0.1, 0.15) is 12.0 Å². The van der Waals surface area contributed by atoms with Gasteiger partial charge in [-0.2, -0.15) is 4.98 Å². The van der Waals surface area contributed by atoms with Crippen LogP contribution in [0.15, 0.2) is 54.7 Å². The zero-order valence-corrected chi connectivity index (χ0v) is 14.7. The van der Waals surface area contributed by atoms with Crippen molar-refractivity contribution in [2.24, 2.45) is 0 Å². The normalized spacial score (nSPS) is 12.7. The molecule has 136 valence electrons. The highest BCUT2D eigenvalue weighted by Gasteiger charge is 2.15. The Morgan fingerprint density at radius 3 is 2.78 bits per heavy atom. The smallest absolute Gasteiger partial charge is 0.230 e. The Bertz CT molecular complexity index is 990. The zero-order chi connectivity index (χ0) is 18.6. The van der Waals surface area contributed by atoms with E-state index < -0.39 is 0 Å². The van der Waals surface area contributed by atoms with Gasteiger partial charge >= 0.3 is 0 Å². The van der Waals surface area contributed by atoms with E-state index >= 15 is 0 Å². The highest BCUT2D eigenvalue weighted by atomic mass is 16.5. The fourth-order valence-electron chi connectivity index (χ4n) is 2.77. The van der Waals surface area contributed by atoms with Crippen LogP contribution < -0.4 is 19.5 Å². The SMILES string of the molecule is COc1ccccc1Oc1ccnc(Nc2ccc3c(c2)OC(=N)CC3)n1. The number of nitrogens with one attached hydrogen (secondary N) is 2. The predicted octanol–water partition coefficient (Wildman–Crippen LogP) is 4.32. The summed E-state index contributed by atoms with van der Waals surface area (Å²) >= 11 is 0. The average Bonchev–Trinajstić information content (AvgIpc) is 2.68. The van der Waals surface area contributed by atoms with Gasteiger partial charge in [-0.15, -0.1) is 0 Å². The maximum atomic E-state index is 7.69. The van der Waals surface area contributed by atoms with Crippen molar-refractivity contribution < 1.29 is 14.2 Å². The van der Waals surface area contributed by atoms with E-state index in [1.807, 2.05) is 42.5 Å². The van der Waals surface area contributed by atoms with Crippen molar-refractivity contribution in [2.45, 2.75) is 12.8 Å². The quantitative estimate of drug-likeness (QED) is 0.702. The molecule has 0 atom stereocenters. The second kappa shape index (κ2) is 7.33. The number of fused-ring (bicyclic) bond motifs is 1. The van der Waals surface area contributed by atoms with Crippen molar-refractivity contribution in [3.63, 3.8) is 0 Å². The Hall–Kier alpha value is -3.61. The number of benzene rings is 2. The number of nitrogens with zero attached hydrogens (tertiary/aromatic N) is 2. The third-order valence-electron chi connectivity index (χ3n) is 4.09. The number of methoxy groups -OCH3 is 1. The Morgan fingerprint density at radius 2 is 1.93 bits per heavy atom. The molecule has 1 aliphatic rings. The second-order valence-corrected chi connectivity index (χ2v) is 5.94. The number of hydrogen-bond acceptors (Lipinski definition) is 7. The maximum Gasteiger partial charge on any atom is 0.230 e. The number of para-hydroxylation sites is 2. The molecular formula is C20H18N4O3. The summed E-state index contributed by atoms with van der Waals surface area (Å²) in [6, 6.07) is 14.8. The van der Waals surface area contributed by atoms with E-state index in [1.165, 1.54) is 0 Å². The summed E-state index contributed by atoms with van der Waals surface area (Å²) in [5.41, 5.74) is 1.86. The minimum atomic E-state index is 0.281. The summed E-state index contributed by atoms with van der Waals surface area (Å²) < 4.78 is 16.6. The van der Waals surface area contributed by atoms with E-state index in [0.717, 1.165) is 17.7 Å². The number of aromatic nitrogens is 2. The van der Waals surface area contributed by atoms with Gasteiger partial charge in [-0.3, -0.25) is 5.41 Å². The summed E-state index contributed by atoms with van der Waals surface area (Å²) in [6.07, 6.45) is 3.06. The molecule has 0 amide bonds. The molecule has 1 aromatic heterocycles. The van der Waals surface area contributed by atoms with Crippen molar-refractivity contribution in [3.05, 3.63) is 60.3 Å². The van der Waals surface area contributed by atoms with Crippen molar-refractivity contribution >= 4 is 17.5 Å². The topological polar surface area (TPSA) is 89.4 Å². The molecule has 0 bridgehead atoms. The first-order valence-electron chi connectivity index (χ1n) is 8.50. The van der Waals surface area contributed by atoms with Crippen molar-refractivity contribution in [2.75, 3.05) is 12.4 Å². The molecule has 2 aromatic carbocycles. The van der Waals surface area contributed by atoms with E-state index in [0.29, 0.717) is 35.5 Å². The number of anilines is 2. The third-order valence-corrected chi connectivity index (χ3v) is 4.09. The van der Waals surface area contributed by atoms with Crippen molar-refractivity contribution in [1.29, 1.82) is 5.41 Å². The minimum absolute atomic E-state index is 0.281. The largest absolute Gasteiger partial charge is 0.493 e. The van der Waals surface area contributed by atoms with Gasteiger partial charge in [0, 0.05) is 30.4 Å². The molecule has 7 heteroatoms. The van der Waals surface area contributed by atoms with Gasteiger partial charge < -0.3 is 19.5 Å². The number of ether oxygens (including phenoxy) is 3. The molecule has 0 saturated carbocycles. The van der Waals surface area contributed by atoms with E-state index in [1.54, 1.807) is 19.4 Å². The molecule has 0 saturated heterocycles. The number of hydrogen-bond donors (Lipinski definition) is 2. The van der Waals surface area contributed by atoms with Gasteiger partial charge in [0.25, 0.3) is 0 Å². The molecular weight excluding hydrogens is 344 g/mol. The van der Waals surface area contributed by atoms with Crippen LogP contribution in [0.25, 0.3) is 0 Å². The Kier molecular flexibility index (Phi) is 4.57. The number of aryl methyl sites for hydroxylation is 1. The van der Waals surface area contributed by atoms with Gasteiger partial charge in [-0.25, -0.2) is 4.98 Å². The Labute approximate surface area is 156 Å². The predicted molar refractivity (Wildman–Crippen MR) is 102 cm³/mol. The van der Waals surface area contributed by atoms with Gasteiger partial charge in [0.15, 0.2) is 17.4 Å². The van der Waals surface area contributed by atoms with Gasteiger partial charge in [0.1, 0.15) is 5.75 Å². The average molecular weight is 362 g/mol. The van der Waals surface area contributed by atoms with Crippen LogP contribution in [0.5, 0.6) is 23.1 Å². The van der Waals surface area contributed by atoms with Crippen LogP contribution in [0.2, 0.25) is 0 Å². The fraction of sp³-hybridized carbons (Fsp3) is 0.150. The highest BCUT2D eigenvalue weighted by molar-refractivity contribution is 5.78. The molecule has 4 rings (SSSR count). The third kappa shape index (κ3) is 3.82. The van der Waals surface area contributed by atoms with E-state index in [2.05, 4.69) is 15.3 Å². The van der Waals surface area contributed by atoms with E-state index in [9.17, 15) is 0 Å². The first-order chi connectivity index (χ1) is 13.2. The lowest BCUT2D eigenvalue weighted by molar-refractivity contribution is 0.374. The monoisotopic (exact) mass is 362 g/mol. The van der Waals surface area contributed by atoms with Crippen LogP contribution >= 0.6 is 0 Å².